The monoisotopic (exact) mass is 738 g/mol. The van der Waals surface area contributed by atoms with Crippen LogP contribution in [0.2, 0.25) is 0 Å². The number of hydrogen-bond acceptors (Lipinski definition) is 8. The Kier molecular flexibility index (Phi) is 22.0. The maximum absolute atomic E-state index is 10.6. The minimum atomic E-state index is -0.156. The van der Waals surface area contributed by atoms with Crippen molar-refractivity contribution in [2.24, 2.45) is 0 Å². The first-order valence-electron chi connectivity index (χ1n) is 14.7. The summed E-state index contributed by atoms with van der Waals surface area (Å²) < 4.78 is 0. The third kappa shape index (κ3) is 20.5. The minimum absolute atomic E-state index is 0. The molecule has 4 aromatic carbocycles. The summed E-state index contributed by atoms with van der Waals surface area (Å²) in [6.45, 7) is 5.61. The van der Waals surface area contributed by atoms with Gasteiger partial charge in [-0.15, -0.1) is 0 Å². The van der Waals surface area contributed by atoms with E-state index in [-0.39, 0.29) is 72.4 Å². The number of aliphatic hydroxyl groups excluding tert-OH is 4. The normalized spacial score (nSPS) is 11.0. The van der Waals surface area contributed by atoms with Crippen LogP contribution in [-0.2, 0) is 45.4 Å². The maximum Gasteiger partial charge on any atom is 0.156 e. The van der Waals surface area contributed by atoms with Gasteiger partial charge < -0.3 is 20.4 Å². The summed E-state index contributed by atoms with van der Waals surface area (Å²) in [4.78, 5) is 42.4. The van der Waals surface area contributed by atoms with E-state index in [1.165, 1.54) is 52.0 Å². The molecule has 0 fully saturated rings. The van der Waals surface area contributed by atoms with Crippen LogP contribution < -0.4 is 0 Å². The van der Waals surface area contributed by atoms with Gasteiger partial charge in [-0.2, -0.15) is 0 Å². The average molecular weight is 740 g/mol. The molecule has 252 valence electrons. The van der Waals surface area contributed by atoms with Gasteiger partial charge in [0.1, 0.15) is 23.0 Å². The van der Waals surface area contributed by atoms with Gasteiger partial charge in [-0.1, -0.05) is 121 Å². The standard InChI is InChI=1S/4C10H10O2.Zr/c4*1-8(11)7-10(12)9-5-3-2-4-6-9;/h4*2-7,12H,1H3;/b4*10-7-;. The fourth-order valence-corrected chi connectivity index (χ4v) is 3.54. The maximum atomic E-state index is 10.6. The second-order valence-corrected chi connectivity index (χ2v) is 10.0. The van der Waals surface area contributed by atoms with Crippen molar-refractivity contribution < 1.29 is 65.8 Å². The number of ketones is 4. The Balaban J connectivity index is 0.000000623. The molecule has 0 radical (unpaired) electrons. The van der Waals surface area contributed by atoms with Gasteiger partial charge in [-0.3, -0.25) is 19.2 Å². The zero-order valence-electron chi connectivity index (χ0n) is 27.8. The first-order chi connectivity index (χ1) is 22.8. The number of hydrogen-bond donors (Lipinski definition) is 4. The van der Waals surface area contributed by atoms with E-state index in [4.69, 9.17) is 0 Å². The van der Waals surface area contributed by atoms with E-state index in [0.29, 0.717) is 22.3 Å². The molecule has 0 heterocycles. The summed E-state index contributed by atoms with van der Waals surface area (Å²) in [5.74, 6) is -0.558. The predicted octanol–water partition coefficient (Wildman–Crippen LogP) is 8.70. The Labute approximate surface area is 306 Å². The molecule has 0 aliphatic heterocycles. The summed E-state index contributed by atoms with van der Waals surface area (Å²) in [7, 11) is 0. The molecule has 0 atom stereocenters. The SMILES string of the molecule is CC(=O)/C=C(\O)c1ccccc1.CC(=O)/C=C(\O)c1ccccc1.CC(=O)/C=C(\O)c1ccccc1.CC(=O)/C=C(\O)c1ccccc1.[Zr]. The molecule has 0 unspecified atom stereocenters. The van der Waals surface area contributed by atoms with Crippen molar-refractivity contribution in [1.29, 1.82) is 0 Å². The summed E-state index contributed by atoms with van der Waals surface area (Å²) in [6, 6.07) is 35.8. The Morgan fingerprint density at radius 1 is 0.347 bits per heavy atom. The average Bonchev–Trinajstić information content (AvgIpc) is 3.06. The van der Waals surface area contributed by atoms with Gasteiger partial charge in [0.2, 0.25) is 0 Å². The number of aliphatic hydroxyl groups is 4. The van der Waals surface area contributed by atoms with Gasteiger partial charge >= 0.3 is 0 Å². The number of carbonyl (C=O) groups excluding carboxylic acids is 4. The topological polar surface area (TPSA) is 149 Å². The predicted molar refractivity (Wildman–Crippen MR) is 191 cm³/mol. The van der Waals surface area contributed by atoms with E-state index in [9.17, 15) is 39.6 Å². The molecule has 8 nitrogen and oxygen atoms in total. The van der Waals surface area contributed by atoms with E-state index in [1.54, 1.807) is 97.1 Å². The molecule has 0 saturated carbocycles. The fraction of sp³-hybridized carbons (Fsp3) is 0.100. The molecule has 0 spiro atoms. The summed E-state index contributed by atoms with van der Waals surface area (Å²) in [6.07, 6.45) is 4.81. The first kappa shape index (κ1) is 43.6. The molecule has 0 bridgehead atoms. The van der Waals surface area contributed by atoms with Crippen LogP contribution in [0, 0.1) is 0 Å². The van der Waals surface area contributed by atoms with Gasteiger partial charge in [0.15, 0.2) is 23.1 Å². The smallest absolute Gasteiger partial charge is 0.156 e. The Hall–Kier alpha value is -5.40. The second-order valence-electron chi connectivity index (χ2n) is 10.0. The molecule has 0 amide bonds. The Morgan fingerprint density at radius 3 is 0.612 bits per heavy atom. The molecule has 49 heavy (non-hydrogen) atoms. The molecule has 0 saturated heterocycles. The van der Waals surface area contributed by atoms with Gasteiger partial charge in [0.25, 0.3) is 0 Å². The molecule has 0 aliphatic rings. The molecule has 0 aliphatic carbocycles. The minimum Gasteiger partial charge on any atom is -0.507 e. The van der Waals surface area contributed by atoms with E-state index in [1.807, 2.05) is 24.3 Å². The zero-order valence-corrected chi connectivity index (χ0v) is 30.2. The molecule has 4 rings (SSSR count). The van der Waals surface area contributed by atoms with Crippen molar-refractivity contribution in [1.82, 2.24) is 0 Å². The van der Waals surface area contributed by atoms with Crippen LogP contribution >= 0.6 is 0 Å². The van der Waals surface area contributed by atoms with Crippen molar-refractivity contribution in [2.45, 2.75) is 27.7 Å². The number of rotatable bonds is 8. The van der Waals surface area contributed by atoms with Crippen LogP contribution in [0.5, 0.6) is 0 Å². The van der Waals surface area contributed by atoms with E-state index in [0.717, 1.165) is 0 Å². The fourth-order valence-electron chi connectivity index (χ4n) is 3.54. The van der Waals surface area contributed by atoms with Crippen LogP contribution in [-0.4, -0.2) is 43.6 Å². The van der Waals surface area contributed by atoms with Crippen molar-refractivity contribution in [3.8, 4) is 0 Å². The summed E-state index contributed by atoms with van der Waals surface area (Å²) >= 11 is 0. The molecule has 0 aromatic heterocycles. The Bertz CT molecular complexity index is 1460. The molecule has 9 heteroatoms. The van der Waals surface area contributed by atoms with Crippen LogP contribution in [0.1, 0.15) is 49.9 Å². The Morgan fingerprint density at radius 2 is 0.490 bits per heavy atom. The van der Waals surface area contributed by atoms with Crippen molar-refractivity contribution in [3.63, 3.8) is 0 Å². The molecular formula is C40H40O8Zr. The van der Waals surface area contributed by atoms with Crippen LogP contribution in [0.4, 0.5) is 0 Å². The van der Waals surface area contributed by atoms with Crippen LogP contribution in [0.15, 0.2) is 146 Å². The molecule has 4 aromatic rings. The van der Waals surface area contributed by atoms with E-state index < -0.39 is 0 Å². The van der Waals surface area contributed by atoms with Gasteiger partial charge in [-0.25, -0.2) is 0 Å². The number of carbonyl (C=O) groups is 4. The van der Waals surface area contributed by atoms with Gasteiger partial charge in [0, 0.05) is 72.8 Å². The van der Waals surface area contributed by atoms with E-state index >= 15 is 0 Å². The van der Waals surface area contributed by atoms with Gasteiger partial charge in [-0.05, 0) is 27.7 Å². The number of benzene rings is 4. The second kappa shape index (κ2) is 24.7. The third-order valence-corrected chi connectivity index (χ3v) is 5.64. The third-order valence-electron chi connectivity index (χ3n) is 5.64. The summed E-state index contributed by atoms with van der Waals surface area (Å²) in [5.41, 5.74) is 2.64. The zero-order chi connectivity index (χ0) is 35.9. The van der Waals surface area contributed by atoms with Gasteiger partial charge in [0.05, 0.1) is 0 Å². The van der Waals surface area contributed by atoms with Crippen molar-refractivity contribution in [3.05, 3.63) is 168 Å². The quantitative estimate of drug-likeness (QED) is 0.104. The summed E-state index contributed by atoms with van der Waals surface area (Å²) in [5, 5.41) is 37.3. The van der Waals surface area contributed by atoms with E-state index in [2.05, 4.69) is 0 Å². The van der Waals surface area contributed by atoms with Crippen LogP contribution in [0.3, 0.4) is 0 Å². The van der Waals surface area contributed by atoms with Crippen molar-refractivity contribution >= 4 is 46.2 Å². The largest absolute Gasteiger partial charge is 0.507 e. The van der Waals surface area contributed by atoms with Crippen molar-refractivity contribution in [2.75, 3.05) is 0 Å². The number of allylic oxidation sites excluding steroid dienone is 4. The molecule has 4 N–H and O–H groups in total. The molecular weight excluding hydrogens is 700 g/mol. The van der Waals surface area contributed by atoms with Crippen LogP contribution in [0.25, 0.3) is 23.0 Å². The first-order valence-corrected chi connectivity index (χ1v) is 14.7.